The summed E-state index contributed by atoms with van der Waals surface area (Å²) in [6.07, 6.45) is 4.92. The molecule has 0 aromatic carbocycles. The highest BCUT2D eigenvalue weighted by molar-refractivity contribution is 7.89. The molecule has 1 aromatic heterocycles. The summed E-state index contributed by atoms with van der Waals surface area (Å²) in [6, 6.07) is 2.00. The molecule has 1 unspecified atom stereocenters. The van der Waals surface area contributed by atoms with Crippen molar-refractivity contribution in [2.75, 3.05) is 13.1 Å². The van der Waals surface area contributed by atoms with Gasteiger partial charge in [-0.25, -0.2) is 13.6 Å². The van der Waals surface area contributed by atoms with E-state index in [2.05, 4.69) is 4.98 Å². The number of nitrogens with two attached hydrogens (primary N) is 1. The molecule has 1 saturated heterocycles. The molecule has 0 saturated carbocycles. The smallest absolute Gasteiger partial charge is 0.222 e. The van der Waals surface area contributed by atoms with E-state index in [1.54, 1.807) is 17.3 Å². The number of rotatable bonds is 4. The van der Waals surface area contributed by atoms with Crippen molar-refractivity contribution in [3.63, 3.8) is 0 Å². The Morgan fingerprint density at radius 2 is 2.25 bits per heavy atom. The molecule has 2 rings (SSSR count). The molecule has 1 aliphatic rings. The quantitative estimate of drug-likeness (QED) is 0.860. The van der Waals surface area contributed by atoms with Crippen LogP contribution in [-0.4, -0.2) is 42.5 Å². The predicted octanol–water partition coefficient (Wildman–Crippen LogP) is 0.212. The molecule has 1 amide bonds. The van der Waals surface area contributed by atoms with Crippen LogP contribution in [0.2, 0.25) is 0 Å². The normalized spacial score (nSPS) is 19.3. The summed E-state index contributed by atoms with van der Waals surface area (Å²) in [5.41, 5.74) is 2.07. The number of hydrogen-bond acceptors (Lipinski definition) is 4. The lowest BCUT2D eigenvalue weighted by molar-refractivity contribution is -0.130. The first-order valence-corrected chi connectivity index (χ1v) is 8.17. The van der Waals surface area contributed by atoms with Crippen LogP contribution < -0.4 is 5.14 Å². The number of likely N-dealkylation sites (tertiary alicyclic amines) is 1. The number of amides is 1. The van der Waals surface area contributed by atoms with Crippen molar-refractivity contribution < 1.29 is 13.2 Å². The van der Waals surface area contributed by atoms with Crippen molar-refractivity contribution in [2.45, 2.75) is 31.4 Å². The predicted molar refractivity (Wildman–Crippen MR) is 75.4 cm³/mol. The molecule has 1 aromatic rings. The van der Waals surface area contributed by atoms with Crippen molar-refractivity contribution in [2.24, 2.45) is 5.14 Å². The fourth-order valence-electron chi connectivity index (χ4n) is 2.39. The number of sulfonamides is 1. The van der Waals surface area contributed by atoms with Crippen LogP contribution in [0.25, 0.3) is 0 Å². The van der Waals surface area contributed by atoms with E-state index < -0.39 is 15.3 Å². The number of primary sulfonamides is 1. The number of hydrogen-bond donors (Lipinski definition) is 1. The second kappa shape index (κ2) is 5.88. The fraction of sp³-hybridized carbons (Fsp3) is 0.538. The van der Waals surface area contributed by atoms with Gasteiger partial charge in [-0.1, -0.05) is 6.07 Å². The van der Waals surface area contributed by atoms with Gasteiger partial charge in [0.2, 0.25) is 15.9 Å². The minimum atomic E-state index is -3.55. The van der Waals surface area contributed by atoms with Gasteiger partial charge in [0.15, 0.2) is 0 Å². The van der Waals surface area contributed by atoms with Crippen LogP contribution in [0.1, 0.15) is 24.0 Å². The Labute approximate surface area is 119 Å². The monoisotopic (exact) mass is 297 g/mol. The molecule has 7 heteroatoms. The highest BCUT2D eigenvalue weighted by Gasteiger charge is 2.32. The van der Waals surface area contributed by atoms with Crippen LogP contribution in [0, 0.1) is 6.92 Å². The van der Waals surface area contributed by atoms with Gasteiger partial charge in [-0.2, -0.15) is 0 Å². The second-order valence-electron chi connectivity index (χ2n) is 5.21. The van der Waals surface area contributed by atoms with E-state index in [0.29, 0.717) is 25.8 Å². The number of pyridine rings is 1. The average molecular weight is 297 g/mol. The van der Waals surface area contributed by atoms with E-state index in [1.807, 2.05) is 13.0 Å². The van der Waals surface area contributed by atoms with Crippen LogP contribution in [-0.2, 0) is 21.2 Å². The Kier molecular flexibility index (Phi) is 4.39. The van der Waals surface area contributed by atoms with Gasteiger partial charge in [-0.3, -0.25) is 9.78 Å². The zero-order valence-corrected chi connectivity index (χ0v) is 12.3. The van der Waals surface area contributed by atoms with Crippen molar-refractivity contribution in [1.29, 1.82) is 0 Å². The van der Waals surface area contributed by atoms with E-state index in [9.17, 15) is 13.2 Å². The first-order valence-electron chi connectivity index (χ1n) is 6.56. The topological polar surface area (TPSA) is 93.4 Å². The van der Waals surface area contributed by atoms with Gasteiger partial charge in [-0.15, -0.1) is 0 Å². The number of carbonyl (C=O) groups is 1. The summed E-state index contributed by atoms with van der Waals surface area (Å²) in [5.74, 6) is -0.0299. The zero-order chi connectivity index (χ0) is 14.8. The molecule has 0 aliphatic carbocycles. The molecular formula is C13H19N3O3S. The maximum absolute atomic E-state index is 12.0. The van der Waals surface area contributed by atoms with Gasteiger partial charge >= 0.3 is 0 Å². The summed E-state index contributed by atoms with van der Waals surface area (Å²) >= 11 is 0. The number of aromatic nitrogens is 1. The lowest BCUT2D eigenvalue weighted by Gasteiger charge is -2.16. The molecule has 110 valence electrons. The molecule has 2 N–H and O–H groups in total. The van der Waals surface area contributed by atoms with E-state index >= 15 is 0 Å². The van der Waals surface area contributed by atoms with E-state index in [0.717, 1.165) is 11.1 Å². The van der Waals surface area contributed by atoms with E-state index in [-0.39, 0.29) is 12.5 Å². The highest BCUT2D eigenvalue weighted by atomic mass is 32.2. The Morgan fingerprint density at radius 1 is 1.50 bits per heavy atom. The first kappa shape index (κ1) is 14.9. The average Bonchev–Trinajstić information content (AvgIpc) is 2.85. The summed E-state index contributed by atoms with van der Waals surface area (Å²) in [7, 11) is -3.55. The summed E-state index contributed by atoms with van der Waals surface area (Å²) in [4.78, 5) is 17.7. The molecular weight excluding hydrogens is 278 g/mol. The van der Waals surface area contributed by atoms with Crippen molar-refractivity contribution in [1.82, 2.24) is 9.88 Å². The maximum Gasteiger partial charge on any atom is 0.222 e. The highest BCUT2D eigenvalue weighted by Crippen LogP contribution is 2.16. The Morgan fingerprint density at radius 3 is 2.85 bits per heavy atom. The van der Waals surface area contributed by atoms with Gasteiger partial charge in [0.1, 0.15) is 0 Å². The van der Waals surface area contributed by atoms with Crippen LogP contribution in [0.15, 0.2) is 18.5 Å². The molecule has 0 spiro atoms. The van der Waals surface area contributed by atoms with Gasteiger partial charge in [-0.05, 0) is 30.9 Å². The largest absolute Gasteiger partial charge is 0.341 e. The molecule has 0 radical (unpaired) electrons. The standard InChI is InChI=1S/C13H19N3O3S/c1-10-6-11(8-15-7-10)2-3-13(17)16-5-4-12(9-16)20(14,18)19/h6-8,12H,2-5,9H2,1H3,(H2,14,18,19). The minimum absolute atomic E-state index is 0.0299. The lowest BCUT2D eigenvalue weighted by Crippen LogP contribution is -2.34. The van der Waals surface area contributed by atoms with Crippen LogP contribution >= 0.6 is 0 Å². The molecule has 1 aliphatic heterocycles. The van der Waals surface area contributed by atoms with Gasteiger partial charge < -0.3 is 4.90 Å². The fourth-order valence-corrected chi connectivity index (χ4v) is 3.21. The molecule has 2 heterocycles. The number of carbonyl (C=O) groups excluding carboxylic acids is 1. The Hall–Kier alpha value is -1.47. The van der Waals surface area contributed by atoms with Gasteiger partial charge in [0.25, 0.3) is 0 Å². The Balaban J connectivity index is 1.87. The lowest BCUT2D eigenvalue weighted by atomic mass is 10.1. The number of aryl methyl sites for hydroxylation is 2. The van der Waals surface area contributed by atoms with E-state index in [4.69, 9.17) is 5.14 Å². The molecule has 1 atom stereocenters. The van der Waals surface area contributed by atoms with Crippen molar-refractivity contribution in [3.8, 4) is 0 Å². The first-order chi connectivity index (χ1) is 9.36. The molecule has 1 fully saturated rings. The SMILES string of the molecule is Cc1cncc(CCC(=O)N2CCC(S(N)(=O)=O)C2)c1. The molecule has 0 bridgehead atoms. The maximum atomic E-state index is 12.0. The third kappa shape index (κ3) is 3.77. The van der Waals surface area contributed by atoms with Gasteiger partial charge in [0.05, 0.1) is 5.25 Å². The summed E-state index contributed by atoms with van der Waals surface area (Å²) in [6.45, 7) is 2.63. The molecule has 20 heavy (non-hydrogen) atoms. The second-order valence-corrected chi connectivity index (χ2v) is 7.05. The van der Waals surface area contributed by atoms with Crippen molar-refractivity contribution in [3.05, 3.63) is 29.6 Å². The third-order valence-electron chi connectivity index (χ3n) is 3.52. The number of nitrogens with zero attached hydrogens (tertiary/aromatic N) is 2. The summed E-state index contributed by atoms with van der Waals surface area (Å²) in [5, 5.41) is 4.49. The Bertz CT molecular complexity index is 601. The summed E-state index contributed by atoms with van der Waals surface area (Å²) < 4.78 is 22.5. The van der Waals surface area contributed by atoms with Crippen LogP contribution in [0.3, 0.4) is 0 Å². The molecule has 6 nitrogen and oxygen atoms in total. The van der Waals surface area contributed by atoms with Crippen molar-refractivity contribution >= 4 is 15.9 Å². The van der Waals surface area contributed by atoms with E-state index in [1.165, 1.54) is 0 Å². The van der Waals surface area contributed by atoms with Crippen LogP contribution in [0.5, 0.6) is 0 Å². The van der Waals surface area contributed by atoms with Crippen LogP contribution in [0.4, 0.5) is 0 Å². The minimum Gasteiger partial charge on any atom is -0.341 e. The zero-order valence-electron chi connectivity index (χ0n) is 11.4. The third-order valence-corrected chi connectivity index (χ3v) is 4.84. The van der Waals surface area contributed by atoms with Gasteiger partial charge in [0, 0.05) is 31.9 Å².